The molecule has 0 saturated carbocycles. The van der Waals surface area contributed by atoms with Crippen LogP contribution in [0.15, 0.2) is 46.9 Å². The molecule has 0 bridgehead atoms. The average molecular weight is 448 g/mol. The summed E-state index contributed by atoms with van der Waals surface area (Å²) in [5.41, 5.74) is 1.53. The molecule has 0 spiro atoms. The number of carbonyl (C=O) groups excluding carboxylic acids is 1. The summed E-state index contributed by atoms with van der Waals surface area (Å²) < 4.78 is 17.0. The van der Waals surface area contributed by atoms with Gasteiger partial charge in [-0.2, -0.15) is 0 Å². The lowest BCUT2D eigenvalue weighted by molar-refractivity contribution is -0.111. The number of rotatable bonds is 10. The number of anilines is 1. The molecule has 0 unspecified atom stereocenters. The van der Waals surface area contributed by atoms with Gasteiger partial charge in [-0.3, -0.25) is 4.79 Å². The fourth-order valence-corrected chi connectivity index (χ4v) is 3.19. The number of unbranched alkanes of at least 4 members (excludes halogenated alkanes) is 2. The van der Waals surface area contributed by atoms with E-state index in [1.807, 2.05) is 30.3 Å². The number of ether oxygens (including phenoxy) is 3. The quantitative estimate of drug-likeness (QED) is 0.375. The zero-order valence-electron chi connectivity index (χ0n) is 16.5. The number of hydrogen-bond acceptors (Lipinski definition) is 4. The van der Waals surface area contributed by atoms with Gasteiger partial charge in [0.1, 0.15) is 5.75 Å². The molecule has 0 radical (unpaired) electrons. The van der Waals surface area contributed by atoms with Gasteiger partial charge in [-0.15, -0.1) is 0 Å². The minimum atomic E-state index is -0.220. The van der Waals surface area contributed by atoms with Crippen molar-refractivity contribution in [2.45, 2.75) is 26.2 Å². The minimum absolute atomic E-state index is 0.220. The van der Waals surface area contributed by atoms with Crippen molar-refractivity contribution in [3.8, 4) is 17.2 Å². The summed E-state index contributed by atoms with van der Waals surface area (Å²) in [5, 5.41) is 2.83. The van der Waals surface area contributed by atoms with Gasteiger partial charge in [-0.05, 0) is 70.4 Å². The van der Waals surface area contributed by atoms with Crippen LogP contribution in [0.2, 0.25) is 0 Å². The molecule has 0 aliphatic carbocycles. The van der Waals surface area contributed by atoms with Gasteiger partial charge in [0.05, 0.1) is 25.3 Å². The fraction of sp³-hybridized carbons (Fsp3) is 0.318. The van der Waals surface area contributed by atoms with Gasteiger partial charge in [0.2, 0.25) is 5.91 Å². The van der Waals surface area contributed by atoms with Crippen LogP contribution in [0.1, 0.15) is 31.7 Å². The number of carbonyl (C=O) groups is 1. The summed E-state index contributed by atoms with van der Waals surface area (Å²) in [6.07, 6.45) is 6.57. The monoisotopic (exact) mass is 447 g/mol. The highest BCUT2D eigenvalue weighted by atomic mass is 79.9. The molecule has 0 aliphatic heterocycles. The number of nitrogens with one attached hydrogen (secondary N) is 1. The Labute approximate surface area is 174 Å². The first-order valence-electron chi connectivity index (χ1n) is 9.20. The second-order valence-electron chi connectivity index (χ2n) is 6.14. The third-order valence-corrected chi connectivity index (χ3v) is 4.61. The third-order valence-electron chi connectivity index (χ3n) is 4.02. The van der Waals surface area contributed by atoms with E-state index in [9.17, 15) is 4.79 Å². The summed E-state index contributed by atoms with van der Waals surface area (Å²) in [7, 11) is 3.15. The van der Waals surface area contributed by atoms with Crippen LogP contribution in [0.25, 0.3) is 6.08 Å². The third kappa shape index (κ3) is 6.60. The lowest BCUT2D eigenvalue weighted by Crippen LogP contribution is -2.07. The van der Waals surface area contributed by atoms with Gasteiger partial charge in [0.15, 0.2) is 11.5 Å². The highest BCUT2D eigenvalue weighted by molar-refractivity contribution is 9.10. The first kappa shape index (κ1) is 21.8. The molecule has 0 saturated heterocycles. The van der Waals surface area contributed by atoms with E-state index in [-0.39, 0.29) is 5.91 Å². The highest BCUT2D eigenvalue weighted by Crippen LogP contribution is 2.36. The van der Waals surface area contributed by atoms with Gasteiger partial charge in [0, 0.05) is 11.8 Å². The minimum Gasteiger partial charge on any atom is -0.494 e. The number of halogens is 1. The van der Waals surface area contributed by atoms with Crippen molar-refractivity contribution in [2.75, 3.05) is 26.1 Å². The first-order chi connectivity index (χ1) is 13.6. The fourth-order valence-electron chi connectivity index (χ4n) is 2.57. The molecule has 2 aromatic carbocycles. The molecule has 28 heavy (non-hydrogen) atoms. The average Bonchev–Trinajstić information content (AvgIpc) is 2.70. The van der Waals surface area contributed by atoms with Crippen LogP contribution in [0.4, 0.5) is 5.69 Å². The highest BCUT2D eigenvalue weighted by Gasteiger charge is 2.09. The molecule has 2 aromatic rings. The number of amides is 1. The lowest BCUT2D eigenvalue weighted by atomic mass is 10.2. The molecule has 1 amide bonds. The van der Waals surface area contributed by atoms with Crippen molar-refractivity contribution < 1.29 is 19.0 Å². The van der Waals surface area contributed by atoms with Crippen LogP contribution < -0.4 is 19.5 Å². The number of benzene rings is 2. The summed E-state index contributed by atoms with van der Waals surface area (Å²) in [5.74, 6) is 1.79. The molecule has 0 heterocycles. The predicted molar refractivity (Wildman–Crippen MR) is 116 cm³/mol. The van der Waals surface area contributed by atoms with E-state index in [1.54, 1.807) is 26.4 Å². The largest absolute Gasteiger partial charge is 0.494 e. The second kappa shape index (κ2) is 11.4. The van der Waals surface area contributed by atoms with Crippen molar-refractivity contribution in [3.05, 3.63) is 52.5 Å². The van der Waals surface area contributed by atoms with Crippen molar-refractivity contribution in [3.63, 3.8) is 0 Å². The standard InChI is InChI=1S/C22H26BrNO4/c1-4-5-6-13-28-18-10-8-17(9-11-18)24-21(25)12-7-16-14-19(23)22(27-3)20(15-16)26-2/h7-12,14-15H,4-6,13H2,1-3H3,(H,24,25)/b12-7+. The molecular weight excluding hydrogens is 422 g/mol. The van der Waals surface area contributed by atoms with E-state index < -0.39 is 0 Å². The van der Waals surface area contributed by atoms with E-state index >= 15 is 0 Å². The zero-order chi connectivity index (χ0) is 20.4. The van der Waals surface area contributed by atoms with Gasteiger partial charge < -0.3 is 19.5 Å². The normalized spacial score (nSPS) is 10.7. The summed E-state index contributed by atoms with van der Waals surface area (Å²) in [4.78, 5) is 12.2. The van der Waals surface area contributed by atoms with E-state index in [1.165, 1.54) is 12.5 Å². The van der Waals surface area contributed by atoms with Gasteiger partial charge >= 0.3 is 0 Å². The maximum atomic E-state index is 12.2. The number of methoxy groups -OCH3 is 2. The van der Waals surface area contributed by atoms with Gasteiger partial charge in [-0.1, -0.05) is 19.8 Å². The predicted octanol–water partition coefficient (Wildman–Crippen LogP) is 5.69. The Morgan fingerprint density at radius 2 is 1.86 bits per heavy atom. The lowest BCUT2D eigenvalue weighted by Gasteiger charge is -2.10. The SMILES string of the molecule is CCCCCOc1ccc(NC(=O)/C=C/c2cc(Br)c(OC)c(OC)c2)cc1. The molecular formula is C22H26BrNO4. The maximum absolute atomic E-state index is 12.2. The molecule has 0 aliphatic rings. The van der Waals surface area contributed by atoms with E-state index in [0.717, 1.165) is 28.6 Å². The summed E-state index contributed by atoms with van der Waals surface area (Å²) >= 11 is 3.44. The first-order valence-corrected chi connectivity index (χ1v) is 10.00. The van der Waals surface area contributed by atoms with E-state index in [2.05, 4.69) is 28.2 Å². The van der Waals surface area contributed by atoms with Crippen LogP contribution in [0, 0.1) is 0 Å². The van der Waals surface area contributed by atoms with E-state index in [0.29, 0.717) is 23.8 Å². The van der Waals surface area contributed by atoms with Crippen LogP contribution in [-0.4, -0.2) is 26.7 Å². The Hall–Kier alpha value is -2.47. The van der Waals surface area contributed by atoms with Crippen LogP contribution in [0.5, 0.6) is 17.2 Å². The number of hydrogen-bond donors (Lipinski definition) is 1. The summed E-state index contributed by atoms with van der Waals surface area (Å²) in [6, 6.07) is 11.0. The van der Waals surface area contributed by atoms with Gasteiger partial charge in [0.25, 0.3) is 0 Å². The molecule has 6 heteroatoms. The molecule has 0 aromatic heterocycles. The Kier molecular flexibility index (Phi) is 8.88. The van der Waals surface area contributed by atoms with E-state index in [4.69, 9.17) is 14.2 Å². The van der Waals surface area contributed by atoms with Crippen molar-refractivity contribution >= 4 is 33.6 Å². The molecule has 0 atom stereocenters. The Balaban J connectivity index is 1.94. The Morgan fingerprint density at radius 3 is 2.50 bits per heavy atom. The molecule has 5 nitrogen and oxygen atoms in total. The molecule has 2 rings (SSSR count). The van der Waals surface area contributed by atoms with Crippen molar-refractivity contribution in [1.29, 1.82) is 0 Å². The topological polar surface area (TPSA) is 56.8 Å². The van der Waals surface area contributed by atoms with Crippen LogP contribution in [-0.2, 0) is 4.79 Å². The second-order valence-corrected chi connectivity index (χ2v) is 7.00. The molecule has 1 N–H and O–H groups in total. The molecule has 0 fully saturated rings. The Morgan fingerprint density at radius 1 is 1.11 bits per heavy atom. The smallest absolute Gasteiger partial charge is 0.248 e. The maximum Gasteiger partial charge on any atom is 0.248 e. The van der Waals surface area contributed by atoms with Crippen molar-refractivity contribution in [2.24, 2.45) is 0 Å². The Bertz CT molecular complexity index is 803. The molecule has 150 valence electrons. The van der Waals surface area contributed by atoms with Gasteiger partial charge in [-0.25, -0.2) is 0 Å². The summed E-state index contributed by atoms with van der Waals surface area (Å²) in [6.45, 7) is 2.87. The van der Waals surface area contributed by atoms with Crippen LogP contribution in [0.3, 0.4) is 0 Å². The van der Waals surface area contributed by atoms with Crippen molar-refractivity contribution in [1.82, 2.24) is 0 Å². The zero-order valence-corrected chi connectivity index (χ0v) is 18.0. The van der Waals surface area contributed by atoms with Crippen LogP contribution >= 0.6 is 15.9 Å².